The maximum atomic E-state index is 12.3. The van der Waals surface area contributed by atoms with E-state index in [0.29, 0.717) is 11.3 Å². The van der Waals surface area contributed by atoms with Crippen LogP contribution in [-0.4, -0.2) is 31.5 Å². The SMILES string of the molecule is CNc1nc(C(Cc2ccc(OC)cc2)c2ccc(OCC(=O)c3ccccc3)cc2)cs1. The minimum Gasteiger partial charge on any atom is -0.497 e. The third-order valence-corrected chi connectivity index (χ3v) is 6.32. The van der Waals surface area contributed by atoms with Crippen molar-refractivity contribution in [1.82, 2.24) is 4.98 Å². The van der Waals surface area contributed by atoms with E-state index >= 15 is 0 Å². The quantitative estimate of drug-likeness (QED) is 0.303. The molecule has 6 heteroatoms. The summed E-state index contributed by atoms with van der Waals surface area (Å²) >= 11 is 1.60. The summed E-state index contributed by atoms with van der Waals surface area (Å²) in [6.07, 6.45) is 0.809. The van der Waals surface area contributed by atoms with Gasteiger partial charge in [-0.25, -0.2) is 4.98 Å². The van der Waals surface area contributed by atoms with E-state index in [9.17, 15) is 4.79 Å². The molecule has 0 saturated carbocycles. The maximum absolute atomic E-state index is 12.3. The van der Waals surface area contributed by atoms with Gasteiger partial charge in [0.05, 0.1) is 12.8 Å². The van der Waals surface area contributed by atoms with E-state index in [1.54, 1.807) is 30.6 Å². The Labute approximate surface area is 198 Å². The molecule has 0 saturated heterocycles. The second-order valence-electron chi connectivity index (χ2n) is 7.58. The Morgan fingerprint density at radius 2 is 1.67 bits per heavy atom. The molecule has 0 radical (unpaired) electrons. The van der Waals surface area contributed by atoms with Crippen LogP contribution in [0, 0.1) is 0 Å². The lowest BCUT2D eigenvalue weighted by Crippen LogP contribution is -2.11. The van der Waals surface area contributed by atoms with Crippen molar-refractivity contribution >= 4 is 22.3 Å². The summed E-state index contributed by atoms with van der Waals surface area (Å²) in [6, 6.07) is 25.3. The largest absolute Gasteiger partial charge is 0.497 e. The van der Waals surface area contributed by atoms with Crippen LogP contribution in [0.4, 0.5) is 5.13 Å². The van der Waals surface area contributed by atoms with Gasteiger partial charge in [-0.15, -0.1) is 11.3 Å². The van der Waals surface area contributed by atoms with Crippen molar-refractivity contribution in [3.63, 3.8) is 0 Å². The van der Waals surface area contributed by atoms with Crippen LogP contribution in [-0.2, 0) is 6.42 Å². The van der Waals surface area contributed by atoms with Crippen LogP contribution in [0.15, 0.2) is 84.2 Å². The van der Waals surface area contributed by atoms with Crippen LogP contribution in [0.3, 0.4) is 0 Å². The molecule has 1 N–H and O–H groups in total. The number of nitrogens with one attached hydrogen (secondary N) is 1. The van der Waals surface area contributed by atoms with Crippen LogP contribution in [0.2, 0.25) is 0 Å². The van der Waals surface area contributed by atoms with Crippen molar-refractivity contribution in [1.29, 1.82) is 0 Å². The maximum Gasteiger partial charge on any atom is 0.200 e. The first kappa shape index (κ1) is 22.6. The fourth-order valence-electron chi connectivity index (χ4n) is 3.60. The Kier molecular flexibility index (Phi) is 7.37. The number of carbonyl (C=O) groups excluding carboxylic acids is 1. The van der Waals surface area contributed by atoms with Crippen LogP contribution < -0.4 is 14.8 Å². The van der Waals surface area contributed by atoms with Gasteiger partial charge in [0.15, 0.2) is 17.5 Å². The lowest BCUT2D eigenvalue weighted by Gasteiger charge is -2.17. The normalized spacial score (nSPS) is 11.6. The number of ketones is 1. The molecule has 4 rings (SSSR count). The van der Waals surface area contributed by atoms with E-state index in [0.717, 1.165) is 28.6 Å². The molecular weight excluding hydrogens is 432 g/mol. The summed E-state index contributed by atoms with van der Waals surface area (Å²) in [4.78, 5) is 17.1. The first-order chi connectivity index (χ1) is 16.2. The third-order valence-electron chi connectivity index (χ3n) is 5.44. The van der Waals surface area contributed by atoms with E-state index in [4.69, 9.17) is 14.5 Å². The van der Waals surface area contributed by atoms with Gasteiger partial charge in [0.1, 0.15) is 11.5 Å². The highest BCUT2D eigenvalue weighted by Crippen LogP contribution is 2.32. The molecule has 0 aliphatic carbocycles. The van der Waals surface area contributed by atoms with E-state index in [2.05, 4.69) is 35.0 Å². The average molecular weight is 459 g/mol. The molecule has 0 fully saturated rings. The van der Waals surface area contributed by atoms with Crippen molar-refractivity contribution in [3.8, 4) is 11.5 Å². The summed E-state index contributed by atoms with van der Waals surface area (Å²) in [5.74, 6) is 1.56. The standard InChI is InChI=1S/C27H26N2O3S/c1-28-27-29-25(18-33-27)24(16-19-8-12-22(31-2)13-9-19)20-10-14-23(15-11-20)32-17-26(30)21-6-4-3-5-7-21/h3-15,18,24H,16-17H2,1-2H3,(H,28,29). The van der Waals surface area contributed by atoms with Gasteiger partial charge in [0, 0.05) is 23.9 Å². The van der Waals surface area contributed by atoms with Crippen molar-refractivity contribution in [2.24, 2.45) is 0 Å². The number of anilines is 1. The molecule has 0 amide bonds. The zero-order valence-electron chi connectivity index (χ0n) is 18.7. The third kappa shape index (κ3) is 5.79. The van der Waals surface area contributed by atoms with Gasteiger partial charge in [-0.1, -0.05) is 54.6 Å². The first-order valence-electron chi connectivity index (χ1n) is 10.7. The number of nitrogens with zero attached hydrogens (tertiary/aromatic N) is 1. The summed E-state index contributed by atoms with van der Waals surface area (Å²) in [5.41, 5.74) is 4.01. The molecule has 1 unspecified atom stereocenters. The fourth-order valence-corrected chi connectivity index (χ4v) is 4.33. The number of benzene rings is 3. The zero-order valence-corrected chi connectivity index (χ0v) is 19.5. The topological polar surface area (TPSA) is 60.5 Å². The Hall–Kier alpha value is -3.64. The molecule has 1 heterocycles. The number of Topliss-reactive ketones (excluding diaryl/α,β-unsaturated/α-hetero) is 1. The summed E-state index contributed by atoms with van der Waals surface area (Å²) in [7, 11) is 3.55. The number of methoxy groups -OCH3 is 1. The molecule has 0 aliphatic rings. The predicted molar refractivity (Wildman–Crippen MR) is 133 cm³/mol. The van der Waals surface area contributed by atoms with Crippen LogP contribution >= 0.6 is 11.3 Å². The Balaban J connectivity index is 1.50. The van der Waals surface area contributed by atoms with Gasteiger partial charge in [0.25, 0.3) is 0 Å². The number of ether oxygens (including phenoxy) is 2. The van der Waals surface area contributed by atoms with Gasteiger partial charge >= 0.3 is 0 Å². The Morgan fingerprint density at radius 1 is 0.970 bits per heavy atom. The highest BCUT2D eigenvalue weighted by Gasteiger charge is 2.19. The highest BCUT2D eigenvalue weighted by molar-refractivity contribution is 7.13. The number of hydrogen-bond acceptors (Lipinski definition) is 6. The average Bonchev–Trinajstić information content (AvgIpc) is 3.36. The molecule has 4 aromatic rings. The molecule has 33 heavy (non-hydrogen) atoms. The molecular formula is C27H26N2O3S. The summed E-state index contributed by atoms with van der Waals surface area (Å²) in [6.45, 7) is 0.0102. The second kappa shape index (κ2) is 10.8. The van der Waals surface area contributed by atoms with E-state index in [1.165, 1.54) is 5.56 Å². The van der Waals surface area contributed by atoms with Gasteiger partial charge in [-0.3, -0.25) is 4.79 Å². The minimum atomic E-state index is -0.0425. The Bertz CT molecular complexity index is 1170. The molecule has 1 aromatic heterocycles. The molecule has 3 aromatic carbocycles. The van der Waals surface area contributed by atoms with Crippen LogP contribution in [0.1, 0.15) is 33.1 Å². The zero-order chi connectivity index (χ0) is 23.0. The van der Waals surface area contributed by atoms with Crippen molar-refractivity contribution in [2.45, 2.75) is 12.3 Å². The number of carbonyl (C=O) groups is 1. The molecule has 168 valence electrons. The summed E-state index contributed by atoms with van der Waals surface area (Å²) < 4.78 is 11.0. The lowest BCUT2D eigenvalue weighted by molar-refractivity contribution is 0.0921. The minimum absolute atomic E-state index is 0.0102. The van der Waals surface area contributed by atoms with Gasteiger partial charge in [0.2, 0.25) is 0 Å². The predicted octanol–water partition coefficient (Wildman–Crippen LogP) is 5.83. The molecule has 0 aliphatic heterocycles. The van der Waals surface area contributed by atoms with Crippen molar-refractivity contribution < 1.29 is 14.3 Å². The number of rotatable bonds is 10. The number of aromatic nitrogens is 1. The highest BCUT2D eigenvalue weighted by atomic mass is 32.1. The second-order valence-corrected chi connectivity index (χ2v) is 8.44. The van der Waals surface area contributed by atoms with E-state index in [1.807, 2.05) is 49.5 Å². The van der Waals surface area contributed by atoms with E-state index < -0.39 is 0 Å². The fraction of sp³-hybridized carbons (Fsp3) is 0.185. The molecule has 0 bridgehead atoms. The lowest BCUT2D eigenvalue weighted by atomic mass is 9.89. The molecule has 0 spiro atoms. The number of hydrogen-bond donors (Lipinski definition) is 1. The van der Waals surface area contributed by atoms with Crippen LogP contribution in [0.5, 0.6) is 11.5 Å². The van der Waals surface area contributed by atoms with Crippen molar-refractivity contribution in [2.75, 3.05) is 26.1 Å². The van der Waals surface area contributed by atoms with Gasteiger partial charge in [-0.05, 0) is 41.8 Å². The molecule has 1 atom stereocenters. The van der Waals surface area contributed by atoms with Gasteiger partial charge in [-0.2, -0.15) is 0 Å². The van der Waals surface area contributed by atoms with Crippen LogP contribution in [0.25, 0.3) is 0 Å². The molecule has 5 nitrogen and oxygen atoms in total. The summed E-state index contributed by atoms with van der Waals surface area (Å²) in [5, 5.41) is 6.11. The van der Waals surface area contributed by atoms with Gasteiger partial charge < -0.3 is 14.8 Å². The smallest absolute Gasteiger partial charge is 0.200 e. The first-order valence-corrected chi connectivity index (χ1v) is 11.6. The van der Waals surface area contributed by atoms with E-state index in [-0.39, 0.29) is 18.3 Å². The number of thiazole rings is 1. The monoisotopic (exact) mass is 458 g/mol. The van der Waals surface area contributed by atoms with Crippen molar-refractivity contribution in [3.05, 3.63) is 107 Å². The Morgan fingerprint density at radius 3 is 2.30 bits per heavy atom.